The van der Waals surface area contributed by atoms with E-state index in [1.165, 1.54) is 17.8 Å². The van der Waals surface area contributed by atoms with E-state index < -0.39 is 0 Å². The van der Waals surface area contributed by atoms with Crippen molar-refractivity contribution in [3.63, 3.8) is 0 Å². The largest absolute Gasteiger partial charge is 0.489 e. The SMILES string of the molecule is CCC(C)N1C(=O)C(=Cc2cn(-c3ccccc3)nc2-c2ccc(OCc3ccccc3F)cc2)SC1=S. The number of nitrogens with zero attached hydrogens (tertiary/aromatic N) is 3. The van der Waals surface area contributed by atoms with Gasteiger partial charge in [0, 0.05) is 28.9 Å². The van der Waals surface area contributed by atoms with Gasteiger partial charge in [-0.2, -0.15) is 5.10 Å². The minimum atomic E-state index is -0.293. The first-order chi connectivity index (χ1) is 18.4. The summed E-state index contributed by atoms with van der Waals surface area (Å²) in [6.07, 6.45) is 4.61. The van der Waals surface area contributed by atoms with Crippen LogP contribution in [0.4, 0.5) is 4.39 Å². The topological polar surface area (TPSA) is 47.4 Å². The number of hydrogen-bond acceptors (Lipinski definition) is 5. The molecule has 1 saturated heterocycles. The number of rotatable bonds is 8. The Bertz CT molecular complexity index is 1500. The van der Waals surface area contributed by atoms with Crippen molar-refractivity contribution in [3.05, 3.63) is 107 Å². The smallest absolute Gasteiger partial charge is 0.266 e. The van der Waals surface area contributed by atoms with E-state index in [1.54, 1.807) is 27.8 Å². The van der Waals surface area contributed by atoms with Crippen LogP contribution in [0, 0.1) is 5.82 Å². The van der Waals surface area contributed by atoms with E-state index in [-0.39, 0.29) is 24.4 Å². The summed E-state index contributed by atoms with van der Waals surface area (Å²) in [5.41, 5.74) is 3.80. The number of halogens is 1. The fourth-order valence-corrected chi connectivity index (χ4v) is 5.55. The van der Waals surface area contributed by atoms with Gasteiger partial charge in [0.15, 0.2) is 0 Å². The molecule has 1 aliphatic rings. The summed E-state index contributed by atoms with van der Waals surface area (Å²) >= 11 is 6.83. The molecule has 1 aromatic heterocycles. The fourth-order valence-electron chi connectivity index (χ4n) is 4.10. The average molecular weight is 544 g/mol. The van der Waals surface area contributed by atoms with Crippen molar-refractivity contribution < 1.29 is 13.9 Å². The number of thioether (sulfide) groups is 1. The van der Waals surface area contributed by atoms with Crippen molar-refractivity contribution in [2.24, 2.45) is 0 Å². The molecule has 1 unspecified atom stereocenters. The highest BCUT2D eigenvalue weighted by molar-refractivity contribution is 8.26. The summed E-state index contributed by atoms with van der Waals surface area (Å²) in [6.45, 7) is 4.18. The van der Waals surface area contributed by atoms with Crippen LogP contribution in [0.25, 0.3) is 23.0 Å². The number of para-hydroxylation sites is 1. The second kappa shape index (κ2) is 11.3. The average Bonchev–Trinajstić information content (AvgIpc) is 3.48. The molecule has 0 radical (unpaired) electrons. The molecule has 1 aliphatic heterocycles. The normalized spacial score (nSPS) is 15.3. The highest BCUT2D eigenvalue weighted by Gasteiger charge is 2.35. The molecular weight excluding hydrogens is 517 g/mol. The summed E-state index contributed by atoms with van der Waals surface area (Å²) < 4.78 is 22.1. The maximum Gasteiger partial charge on any atom is 0.266 e. The molecule has 2 heterocycles. The minimum Gasteiger partial charge on any atom is -0.489 e. The first kappa shape index (κ1) is 25.9. The molecular formula is C30H26FN3O2S2. The van der Waals surface area contributed by atoms with Crippen LogP contribution >= 0.6 is 24.0 Å². The van der Waals surface area contributed by atoms with E-state index in [9.17, 15) is 9.18 Å². The molecule has 0 aliphatic carbocycles. The summed E-state index contributed by atoms with van der Waals surface area (Å²) in [5, 5.41) is 4.86. The van der Waals surface area contributed by atoms with E-state index in [4.69, 9.17) is 22.1 Å². The Morgan fingerprint density at radius 2 is 1.76 bits per heavy atom. The predicted molar refractivity (Wildman–Crippen MR) is 154 cm³/mol. The van der Waals surface area contributed by atoms with Crippen LogP contribution in [0.1, 0.15) is 31.4 Å². The summed E-state index contributed by atoms with van der Waals surface area (Å²) in [6, 6.07) is 23.9. The van der Waals surface area contributed by atoms with Gasteiger partial charge < -0.3 is 4.74 Å². The molecule has 0 spiro atoms. The van der Waals surface area contributed by atoms with Crippen molar-refractivity contribution >= 4 is 40.3 Å². The van der Waals surface area contributed by atoms with E-state index in [0.717, 1.165) is 28.9 Å². The zero-order valence-corrected chi connectivity index (χ0v) is 22.6. The van der Waals surface area contributed by atoms with Gasteiger partial charge in [-0.3, -0.25) is 9.69 Å². The van der Waals surface area contributed by atoms with Crippen LogP contribution in [-0.2, 0) is 11.4 Å². The summed E-state index contributed by atoms with van der Waals surface area (Å²) in [4.78, 5) is 15.4. The summed E-state index contributed by atoms with van der Waals surface area (Å²) in [5.74, 6) is 0.249. The molecule has 0 N–H and O–H groups in total. The van der Waals surface area contributed by atoms with Gasteiger partial charge >= 0.3 is 0 Å². The van der Waals surface area contributed by atoms with Gasteiger partial charge in [0.25, 0.3) is 5.91 Å². The number of benzene rings is 3. The maximum atomic E-state index is 13.9. The number of hydrogen-bond donors (Lipinski definition) is 0. The minimum absolute atomic E-state index is 0.0387. The standard InChI is InChI=1S/C30H26FN3O2S2/c1-3-20(2)34-29(35)27(38-30(34)37)17-23-18-33(24-10-5-4-6-11-24)32-28(23)21-13-15-25(16-14-21)36-19-22-9-7-8-12-26(22)31/h4-18,20H,3,19H2,1-2H3. The second-order valence-corrected chi connectivity index (χ2v) is 10.6. The van der Waals surface area contributed by atoms with Crippen LogP contribution in [0.3, 0.4) is 0 Å². The Morgan fingerprint density at radius 3 is 2.47 bits per heavy atom. The predicted octanol–water partition coefficient (Wildman–Crippen LogP) is 7.26. The monoisotopic (exact) mass is 543 g/mol. The Morgan fingerprint density at radius 1 is 1.05 bits per heavy atom. The molecule has 8 heteroatoms. The first-order valence-electron chi connectivity index (χ1n) is 12.3. The lowest BCUT2D eigenvalue weighted by molar-refractivity contribution is -0.123. The van der Waals surface area contributed by atoms with Crippen LogP contribution in [0.2, 0.25) is 0 Å². The van der Waals surface area contributed by atoms with Gasteiger partial charge in [-0.25, -0.2) is 9.07 Å². The Balaban J connectivity index is 1.46. The lowest BCUT2D eigenvalue weighted by Crippen LogP contribution is -2.36. The Hall–Kier alpha value is -3.75. The third-order valence-corrected chi connectivity index (χ3v) is 7.72. The number of thiocarbonyl (C=S) groups is 1. The molecule has 3 aromatic carbocycles. The van der Waals surface area contributed by atoms with Crippen LogP contribution in [0.5, 0.6) is 5.75 Å². The molecule has 5 rings (SSSR count). The molecule has 5 nitrogen and oxygen atoms in total. The van der Waals surface area contributed by atoms with Gasteiger partial charge in [0.2, 0.25) is 0 Å². The van der Waals surface area contributed by atoms with Gasteiger partial charge in [-0.15, -0.1) is 0 Å². The lowest BCUT2D eigenvalue weighted by Gasteiger charge is -2.21. The number of carbonyl (C=O) groups excluding carboxylic acids is 1. The zero-order chi connectivity index (χ0) is 26.6. The number of amides is 1. The van der Waals surface area contributed by atoms with Gasteiger partial charge in [0.05, 0.1) is 16.3 Å². The third-order valence-electron chi connectivity index (χ3n) is 6.38. The molecule has 38 heavy (non-hydrogen) atoms. The number of carbonyl (C=O) groups is 1. The molecule has 0 bridgehead atoms. The molecule has 1 fully saturated rings. The van der Waals surface area contributed by atoms with E-state index in [1.807, 2.05) is 80.7 Å². The van der Waals surface area contributed by atoms with Crippen molar-refractivity contribution in [2.75, 3.05) is 0 Å². The van der Waals surface area contributed by atoms with Crippen LogP contribution in [-0.4, -0.2) is 30.9 Å². The number of aromatic nitrogens is 2. The van der Waals surface area contributed by atoms with Crippen LogP contribution < -0.4 is 4.74 Å². The molecule has 4 aromatic rings. The van der Waals surface area contributed by atoms with E-state index in [2.05, 4.69) is 0 Å². The molecule has 0 saturated carbocycles. The Kier molecular flexibility index (Phi) is 7.72. The highest BCUT2D eigenvalue weighted by Crippen LogP contribution is 2.36. The molecule has 192 valence electrons. The first-order valence-corrected chi connectivity index (χ1v) is 13.6. The van der Waals surface area contributed by atoms with Crippen molar-refractivity contribution in [1.82, 2.24) is 14.7 Å². The van der Waals surface area contributed by atoms with Crippen LogP contribution in [0.15, 0.2) is 90.0 Å². The third kappa shape index (κ3) is 5.42. The Labute approximate surface area is 230 Å². The summed E-state index contributed by atoms with van der Waals surface area (Å²) in [7, 11) is 0. The van der Waals surface area contributed by atoms with E-state index >= 15 is 0 Å². The fraction of sp³-hybridized carbons (Fsp3) is 0.167. The van der Waals surface area contributed by atoms with E-state index in [0.29, 0.717) is 20.5 Å². The van der Waals surface area contributed by atoms with Gasteiger partial charge in [-0.1, -0.05) is 67.3 Å². The lowest BCUT2D eigenvalue weighted by atomic mass is 10.1. The van der Waals surface area contributed by atoms with Gasteiger partial charge in [-0.05, 0) is 61.9 Å². The maximum absolute atomic E-state index is 13.9. The van der Waals surface area contributed by atoms with Crippen molar-refractivity contribution in [1.29, 1.82) is 0 Å². The quantitative estimate of drug-likeness (QED) is 0.173. The van der Waals surface area contributed by atoms with Crippen molar-refractivity contribution in [2.45, 2.75) is 32.9 Å². The second-order valence-electron chi connectivity index (χ2n) is 8.93. The van der Waals surface area contributed by atoms with Gasteiger partial charge in [0.1, 0.15) is 22.5 Å². The molecule has 1 atom stereocenters. The van der Waals surface area contributed by atoms with Crippen molar-refractivity contribution in [3.8, 4) is 22.7 Å². The molecule has 1 amide bonds. The number of ether oxygens (including phenoxy) is 1. The highest BCUT2D eigenvalue weighted by atomic mass is 32.2. The zero-order valence-electron chi connectivity index (χ0n) is 21.0.